The molecule has 0 bridgehead atoms. The van der Waals surface area contributed by atoms with Crippen molar-refractivity contribution in [2.24, 2.45) is 7.05 Å². The van der Waals surface area contributed by atoms with E-state index in [1.165, 1.54) is 7.11 Å². The first kappa shape index (κ1) is 16.5. The van der Waals surface area contributed by atoms with E-state index in [1.54, 1.807) is 19.1 Å². The summed E-state index contributed by atoms with van der Waals surface area (Å²) in [5, 5.41) is 0.649. The highest BCUT2D eigenvalue weighted by Gasteiger charge is 2.29. The van der Waals surface area contributed by atoms with E-state index in [2.05, 4.69) is 0 Å². The van der Waals surface area contributed by atoms with Gasteiger partial charge in [-0.3, -0.25) is 13.5 Å². The molecular formula is C16H22N2O4S. The number of rotatable bonds is 3. The number of hydrogen-bond acceptors (Lipinski definition) is 5. The second-order valence-corrected chi connectivity index (χ2v) is 7.95. The lowest BCUT2D eigenvalue weighted by molar-refractivity contribution is 0.0672. The molecule has 1 aliphatic rings. The summed E-state index contributed by atoms with van der Waals surface area (Å²) in [4.78, 5) is 13.0. The van der Waals surface area contributed by atoms with Crippen LogP contribution in [0.5, 0.6) is 0 Å². The quantitative estimate of drug-likeness (QED) is 0.930. The van der Waals surface area contributed by atoms with Crippen molar-refractivity contribution in [2.45, 2.75) is 11.8 Å². The number of aryl methyl sites for hydroxylation is 2. The van der Waals surface area contributed by atoms with E-state index in [9.17, 15) is 9.35 Å². The highest BCUT2D eigenvalue weighted by molar-refractivity contribution is 8.23. The predicted octanol–water partition coefficient (Wildman–Crippen LogP) is 2.29. The number of aromatic nitrogens is 1. The fraction of sp³-hybridized carbons (Fsp3) is 0.438. The fourth-order valence-electron chi connectivity index (χ4n) is 2.94. The molecular weight excluding hydrogens is 316 g/mol. The molecule has 1 saturated heterocycles. The maximum absolute atomic E-state index is 12.3. The molecule has 0 amide bonds. The van der Waals surface area contributed by atoms with Gasteiger partial charge < -0.3 is 9.30 Å². The minimum atomic E-state index is -2.55. The molecule has 1 atom stereocenters. The molecule has 0 aliphatic carbocycles. The summed E-state index contributed by atoms with van der Waals surface area (Å²) in [7, 11) is 0.864. The molecule has 0 spiro atoms. The maximum atomic E-state index is 12.3. The van der Waals surface area contributed by atoms with Crippen LogP contribution in [0.1, 0.15) is 5.56 Å². The molecule has 23 heavy (non-hydrogen) atoms. The van der Waals surface area contributed by atoms with Crippen molar-refractivity contribution >= 4 is 21.7 Å². The highest BCUT2D eigenvalue weighted by Crippen LogP contribution is 2.56. The topological polar surface area (TPSA) is 63.9 Å². The second kappa shape index (κ2) is 6.26. The molecule has 1 unspecified atom stereocenters. The molecule has 1 aromatic heterocycles. The van der Waals surface area contributed by atoms with Crippen LogP contribution in [-0.2, 0) is 16.0 Å². The third kappa shape index (κ3) is 2.79. The Hall–Kier alpha value is -1.38. The molecule has 1 N–H and O–H groups in total. The molecule has 3 rings (SSSR count). The van der Waals surface area contributed by atoms with Crippen molar-refractivity contribution in [1.29, 1.82) is 0 Å². The summed E-state index contributed by atoms with van der Waals surface area (Å²) >= 11 is 0. The molecule has 1 aliphatic heterocycles. The summed E-state index contributed by atoms with van der Waals surface area (Å²) in [6.07, 6.45) is 1.81. The molecule has 6 nitrogen and oxygen atoms in total. The van der Waals surface area contributed by atoms with Gasteiger partial charge in [-0.15, -0.1) is 10.8 Å². The van der Waals surface area contributed by atoms with Crippen LogP contribution in [-0.4, -0.2) is 46.8 Å². The van der Waals surface area contributed by atoms with Gasteiger partial charge in [0, 0.05) is 37.3 Å². The summed E-state index contributed by atoms with van der Waals surface area (Å²) in [5.41, 5.74) is 1.51. The summed E-state index contributed by atoms with van der Waals surface area (Å²) in [6, 6.07) is 5.42. The molecule has 1 aromatic carbocycles. The van der Waals surface area contributed by atoms with Gasteiger partial charge >= 0.3 is 0 Å². The number of hydrogen-bond donors (Lipinski definition) is 1. The van der Waals surface area contributed by atoms with E-state index in [-0.39, 0.29) is 5.43 Å². The zero-order chi connectivity index (χ0) is 16.6. The Kier molecular flexibility index (Phi) is 4.48. The number of benzene rings is 1. The van der Waals surface area contributed by atoms with E-state index < -0.39 is 10.8 Å². The van der Waals surface area contributed by atoms with Crippen molar-refractivity contribution in [3.63, 3.8) is 0 Å². The number of morpholine rings is 1. The number of nitrogens with zero attached hydrogens (tertiary/aromatic N) is 2. The fourth-order valence-corrected chi connectivity index (χ4v) is 4.79. The average molecular weight is 338 g/mol. The Morgan fingerprint density at radius 3 is 2.65 bits per heavy atom. The van der Waals surface area contributed by atoms with Crippen molar-refractivity contribution in [3.05, 3.63) is 40.2 Å². The average Bonchev–Trinajstić information content (AvgIpc) is 2.59. The van der Waals surface area contributed by atoms with Crippen LogP contribution in [0, 0.1) is 6.92 Å². The van der Waals surface area contributed by atoms with Crippen molar-refractivity contribution in [3.8, 4) is 0 Å². The Bertz CT molecular complexity index is 785. The summed E-state index contributed by atoms with van der Waals surface area (Å²) in [5.74, 6) is 0. The van der Waals surface area contributed by atoms with Crippen LogP contribution in [0.3, 0.4) is 0 Å². The van der Waals surface area contributed by atoms with Crippen LogP contribution in [0.2, 0.25) is 0 Å². The van der Waals surface area contributed by atoms with Gasteiger partial charge in [0.1, 0.15) is 0 Å². The molecule has 7 heteroatoms. The first-order valence-corrected chi connectivity index (χ1v) is 8.99. The molecule has 1 fully saturated rings. The van der Waals surface area contributed by atoms with Crippen LogP contribution in [0.4, 0.5) is 0 Å². The lowest BCUT2D eigenvalue weighted by Gasteiger charge is -2.47. The van der Waals surface area contributed by atoms with E-state index >= 15 is 0 Å². The Morgan fingerprint density at radius 1 is 1.30 bits per heavy atom. The van der Waals surface area contributed by atoms with Crippen LogP contribution in [0.15, 0.2) is 34.1 Å². The van der Waals surface area contributed by atoms with E-state index in [0.29, 0.717) is 42.1 Å². The molecule has 0 radical (unpaired) electrons. The normalized spacial score (nSPS) is 20.3. The molecule has 2 aromatic rings. The summed E-state index contributed by atoms with van der Waals surface area (Å²) < 4.78 is 25.8. The third-order valence-electron chi connectivity index (χ3n) is 4.20. The van der Waals surface area contributed by atoms with Gasteiger partial charge in [-0.2, -0.15) is 4.31 Å². The zero-order valence-electron chi connectivity index (χ0n) is 13.6. The van der Waals surface area contributed by atoms with Crippen molar-refractivity contribution in [2.75, 3.05) is 33.4 Å². The van der Waals surface area contributed by atoms with Crippen molar-refractivity contribution < 1.29 is 13.5 Å². The lowest BCUT2D eigenvalue weighted by Crippen LogP contribution is -2.38. The molecule has 0 saturated carbocycles. The zero-order valence-corrected chi connectivity index (χ0v) is 14.4. The van der Waals surface area contributed by atoms with Crippen LogP contribution < -0.4 is 5.43 Å². The number of fused-ring (bicyclic) bond motifs is 1. The van der Waals surface area contributed by atoms with E-state index in [1.807, 2.05) is 28.2 Å². The first-order valence-electron chi connectivity index (χ1n) is 7.51. The smallest absolute Gasteiger partial charge is 0.192 e. The Morgan fingerprint density at radius 2 is 2.00 bits per heavy atom. The van der Waals surface area contributed by atoms with Gasteiger partial charge in [0.2, 0.25) is 0 Å². The SMILES string of the molecule is COS(O)(c1ccc2c(=O)c(C)cn(C)c2c1)N1CCOCC1. The standard InChI is InChI=1S/C16H22N2O4S/c1-12-11-17(2)15-10-13(4-5-14(15)16(12)19)23(20,21-3)18-6-8-22-9-7-18/h4-5,10-11,20H,6-9H2,1-3H3. The monoisotopic (exact) mass is 338 g/mol. The van der Waals surface area contributed by atoms with Gasteiger partial charge in [-0.05, 0) is 25.1 Å². The number of ether oxygens (including phenoxy) is 1. The molecule has 2 heterocycles. The Balaban J connectivity index is 2.13. The minimum Gasteiger partial charge on any atom is -0.379 e. The van der Waals surface area contributed by atoms with Gasteiger partial charge in [0.25, 0.3) is 0 Å². The minimum absolute atomic E-state index is 0.0204. The van der Waals surface area contributed by atoms with E-state index in [4.69, 9.17) is 8.92 Å². The van der Waals surface area contributed by atoms with Gasteiger partial charge in [0.05, 0.1) is 30.7 Å². The van der Waals surface area contributed by atoms with E-state index in [0.717, 1.165) is 5.52 Å². The van der Waals surface area contributed by atoms with Gasteiger partial charge in [-0.25, -0.2) is 0 Å². The number of pyridine rings is 1. The van der Waals surface area contributed by atoms with Crippen LogP contribution in [0.25, 0.3) is 10.9 Å². The first-order chi connectivity index (χ1) is 11.0. The molecule has 126 valence electrons. The van der Waals surface area contributed by atoms with Crippen LogP contribution >= 0.6 is 10.8 Å². The highest BCUT2D eigenvalue weighted by atomic mass is 32.3. The largest absolute Gasteiger partial charge is 0.379 e. The van der Waals surface area contributed by atoms with Crippen molar-refractivity contribution in [1.82, 2.24) is 8.87 Å². The van der Waals surface area contributed by atoms with Gasteiger partial charge in [-0.1, -0.05) is 0 Å². The Labute approximate surface area is 137 Å². The summed E-state index contributed by atoms with van der Waals surface area (Å²) in [6.45, 7) is 4.18. The maximum Gasteiger partial charge on any atom is 0.192 e. The second-order valence-electron chi connectivity index (χ2n) is 5.64. The predicted molar refractivity (Wildman–Crippen MR) is 91.8 cm³/mol. The third-order valence-corrected chi connectivity index (χ3v) is 6.60. The lowest BCUT2D eigenvalue weighted by atomic mass is 10.1. The van der Waals surface area contributed by atoms with Gasteiger partial charge in [0.15, 0.2) is 5.43 Å².